The van der Waals surface area contributed by atoms with Gasteiger partial charge in [0.15, 0.2) is 24.5 Å². The van der Waals surface area contributed by atoms with Crippen LogP contribution in [0.1, 0.15) is 27.7 Å². The van der Waals surface area contributed by atoms with Crippen molar-refractivity contribution >= 4 is 10.4 Å². The largest absolute Gasteiger partial charge is 0.413 e. The summed E-state index contributed by atoms with van der Waals surface area (Å²) in [6.07, 6.45) is -9.96. The third kappa shape index (κ3) is 5.09. The van der Waals surface area contributed by atoms with Gasteiger partial charge in [-0.05, 0) is 27.7 Å². The summed E-state index contributed by atoms with van der Waals surface area (Å²) in [6.45, 7) is 4.50. The molecule has 158 valence electrons. The van der Waals surface area contributed by atoms with Crippen LogP contribution in [0.3, 0.4) is 0 Å². The minimum atomic E-state index is -5.00. The van der Waals surface area contributed by atoms with E-state index in [2.05, 4.69) is 4.18 Å². The first kappa shape index (κ1) is 21.2. The minimum Gasteiger partial charge on any atom is -0.348 e. The monoisotopic (exact) mass is 422 g/mol. The Hall–Kier alpha value is -0.540. The number of ether oxygens (including phenoxy) is 5. The van der Waals surface area contributed by atoms with Gasteiger partial charge in [-0.15, -0.1) is 0 Å². The average molecular weight is 422 g/mol. The lowest BCUT2D eigenvalue weighted by Gasteiger charge is -2.28. The molecule has 0 spiro atoms. The van der Waals surface area contributed by atoms with Crippen LogP contribution < -0.4 is 0 Å². The van der Waals surface area contributed by atoms with Crippen molar-refractivity contribution in [3.63, 3.8) is 0 Å². The number of hydrogen-bond donors (Lipinski definition) is 0. The molecule has 0 radical (unpaired) electrons. The van der Waals surface area contributed by atoms with E-state index in [1.165, 1.54) is 0 Å². The highest BCUT2D eigenvalue weighted by Gasteiger charge is 2.60. The quantitative estimate of drug-likeness (QED) is 0.648. The van der Waals surface area contributed by atoms with E-state index in [9.17, 15) is 21.6 Å². The van der Waals surface area contributed by atoms with E-state index >= 15 is 0 Å². The third-order valence-electron chi connectivity index (χ3n) is 4.02. The fraction of sp³-hybridized carbons (Fsp3) is 1.00. The Labute approximate surface area is 154 Å². The molecule has 0 aliphatic carbocycles. The van der Waals surface area contributed by atoms with Crippen LogP contribution in [-0.2, 0) is 42.4 Å². The van der Waals surface area contributed by atoms with Gasteiger partial charge in [-0.2, -0.15) is 21.6 Å². The molecule has 0 unspecified atom stereocenters. The van der Waals surface area contributed by atoms with E-state index in [1.54, 1.807) is 27.7 Å². The molecular formula is C14H21F3O9S. The molecule has 3 fully saturated rings. The molecule has 3 aliphatic heterocycles. The van der Waals surface area contributed by atoms with Gasteiger partial charge in [-0.3, -0.25) is 0 Å². The normalized spacial score (nSPS) is 38.3. The predicted octanol–water partition coefficient (Wildman–Crippen LogP) is 1.22. The highest BCUT2D eigenvalue weighted by Crippen LogP contribution is 2.42. The van der Waals surface area contributed by atoms with E-state index in [0.717, 1.165) is 0 Å². The second-order valence-corrected chi connectivity index (χ2v) is 8.53. The van der Waals surface area contributed by atoms with E-state index in [0.29, 0.717) is 0 Å². The third-order valence-corrected chi connectivity index (χ3v) is 4.88. The molecule has 13 heteroatoms. The summed E-state index contributed by atoms with van der Waals surface area (Å²) in [5.74, 6) is -2.03. The van der Waals surface area contributed by atoms with Crippen LogP contribution in [0.4, 0.5) is 13.2 Å². The Morgan fingerprint density at radius 1 is 1.04 bits per heavy atom. The fourth-order valence-electron chi connectivity index (χ4n) is 3.09. The van der Waals surface area contributed by atoms with Crippen molar-refractivity contribution in [1.82, 2.24) is 0 Å². The molecule has 3 saturated heterocycles. The zero-order valence-corrected chi connectivity index (χ0v) is 15.8. The molecule has 0 aromatic carbocycles. The summed E-state index contributed by atoms with van der Waals surface area (Å²) in [6, 6.07) is 0. The Balaban J connectivity index is 1.76. The molecule has 0 aromatic rings. The first-order chi connectivity index (χ1) is 12.2. The molecule has 9 nitrogen and oxygen atoms in total. The van der Waals surface area contributed by atoms with E-state index in [1.807, 2.05) is 0 Å². The van der Waals surface area contributed by atoms with Gasteiger partial charge in [0.2, 0.25) is 0 Å². The number of alkyl halides is 3. The smallest absolute Gasteiger partial charge is 0.348 e. The van der Waals surface area contributed by atoms with Crippen LogP contribution in [0.2, 0.25) is 0 Å². The van der Waals surface area contributed by atoms with Crippen molar-refractivity contribution in [2.45, 2.75) is 76.2 Å². The zero-order chi connectivity index (χ0) is 20.3. The average Bonchev–Trinajstić information content (AvgIpc) is 3.07. The molecule has 0 aromatic heterocycles. The summed E-state index contributed by atoms with van der Waals surface area (Å²) in [5.41, 5.74) is 0. The maximum atomic E-state index is 12.3. The summed E-state index contributed by atoms with van der Waals surface area (Å²) >= 11 is 0. The van der Waals surface area contributed by atoms with Crippen molar-refractivity contribution in [1.29, 1.82) is 0 Å². The van der Waals surface area contributed by atoms with E-state index in [-0.39, 0.29) is 6.61 Å². The van der Waals surface area contributed by atoms with Crippen molar-refractivity contribution in [2.24, 2.45) is 0 Å². The molecule has 5 atom stereocenters. The molecule has 3 heterocycles. The minimum absolute atomic E-state index is 0.0593. The predicted molar refractivity (Wildman–Crippen MR) is 79.4 cm³/mol. The second kappa shape index (κ2) is 6.76. The van der Waals surface area contributed by atoms with Gasteiger partial charge in [0.1, 0.15) is 24.4 Å². The van der Waals surface area contributed by atoms with Crippen molar-refractivity contribution in [3.8, 4) is 0 Å². The van der Waals surface area contributed by atoms with Gasteiger partial charge in [0.05, 0.1) is 6.61 Å². The van der Waals surface area contributed by atoms with Crippen LogP contribution in [0, 0.1) is 0 Å². The number of hydrogen-bond acceptors (Lipinski definition) is 9. The number of halogens is 3. The van der Waals surface area contributed by atoms with Crippen LogP contribution in [0.15, 0.2) is 0 Å². The van der Waals surface area contributed by atoms with Crippen molar-refractivity contribution in [3.05, 3.63) is 0 Å². The van der Waals surface area contributed by atoms with Crippen molar-refractivity contribution < 1.29 is 53.6 Å². The van der Waals surface area contributed by atoms with Crippen molar-refractivity contribution in [2.75, 3.05) is 13.2 Å². The topological polar surface area (TPSA) is 98.8 Å². The van der Waals surface area contributed by atoms with Gasteiger partial charge in [0.25, 0.3) is 0 Å². The van der Waals surface area contributed by atoms with Gasteiger partial charge in [-0.1, -0.05) is 0 Å². The lowest BCUT2D eigenvalue weighted by molar-refractivity contribution is -0.230. The van der Waals surface area contributed by atoms with Crippen LogP contribution >= 0.6 is 0 Å². The molecule has 0 N–H and O–H groups in total. The standard InChI is InChI=1S/C14H21F3O9S/c1-12(2)20-5-7(23-12)8-9(10-11(22-8)25-13(3,4)24-10)26-27(18,19)21-6-14(15,16)17/h7-11H,5-6H2,1-4H3/t7-,8-,9+,10-,11-/m1/s1. The Morgan fingerprint density at radius 3 is 2.26 bits per heavy atom. The number of rotatable bonds is 5. The van der Waals surface area contributed by atoms with Crippen LogP contribution in [0.5, 0.6) is 0 Å². The molecule has 0 amide bonds. The SMILES string of the molecule is CC1(C)O[C@H]2O[C@H]([C@H]3COC(C)(C)O3)[C@H](OS(=O)(=O)OCC(F)(F)F)[C@H]2O1. The highest BCUT2D eigenvalue weighted by atomic mass is 32.3. The molecule has 0 bridgehead atoms. The zero-order valence-electron chi connectivity index (χ0n) is 15.0. The number of fused-ring (bicyclic) bond motifs is 1. The molecule has 0 saturated carbocycles. The van der Waals surface area contributed by atoms with E-state index < -0.39 is 65.5 Å². The summed E-state index contributed by atoms with van der Waals surface area (Å²) in [4.78, 5) is 0. The second-order valence-electron chi connectivity index (χ2n) is 7.28. The molecule has 3 aliphatic rings. The van der Waals surface area contributed by atoms with Gasteiger partial charge >= 0.3 is 16.6 Å². The Bertz CT molecular complexity index is 663. The van der Waals surface area contributed by atoms with Crippen LogP contribution in [-0.4, -0.2) is 70.1 Å². The lowest BCUT2D eigenvalue weighted by atomic mass is 10.1. The summed E-state index contributed by atoms with van der Waals surface area (Å²) in [5, 5.41) is 0. The van der Waals surface area contributed by atoms with Gasteiger partial charge in [-0.25, -0.2) is 8.37 Å². The van der Waals surface area contributed by atoms with Gasteiger partial charge in [0, 0.05) is 0 Å². The molecule has 3 rings (SSSR count). The maximum absolute atomic E-state index is 12.3. The van der Waals surface area contributed by atoms with Crippen LogP contribution in [0.25, 0.3) is 0 Å². The lowest BCUT2D eigenvalue weighted by Crippen LogP contribution is -2.45. The first-order valence-corrected chi connectivity index (χ1v) is 9.47. The van der Waals surface area contributed by atoms with E-state index in [4.69, 9.17) is 27.9 Å². The first-order valence-electron chi connectivity index (χ1n) is 8.14. The van der Waals surface area contributed by atoms with Gasteiger partial charge < -0.3 is 23.7 Å². The summed E-state index contributed by atoms with van der Waals surface area (Å²) in [7, 11) is -5.00. The fourth-order valence-corrected chi connectivity index (χ4v) is 3.92. The Morgan fingerprint density at radius 2 is 1.70 bits per heavy atom. The molecule has 27 heavy (non-hydrogen) atoms. The highest BCUT2D eigenvalue weighted by molar-refractivity contribution is 7.81. The Kier molecular flexibility index (Phi) is 5.30. The molecular weight excluding hydrogens is 401 g/mol. The summed E-state index contributed by atoms with van der Waals surface area (Å²) < 4.78 is 97.3. The maximum Gasteiger partial charge on any atom is 0.413 e.